The lowest BCUT2D eigenvalue weighted by Gasteiger charge is -2.28. The summed E-state index contributed by atoms with van der Waals surface area (Å²) in [6.07, 6.45) is 2.19. The van der Waals surface area contributed by atoms with Crippen molar-refractivity contribution in [2.24, 2.45) is 0 Å². The van der Waals surface area contributed by atoms with Gasteiger partial charge in [0.05, 0.1) is 16.6 Å². The zero-order chi connectivity index (χ0) is 33.9. The second-order valence-corrected chi connectivity index (χ2v) is 15.2. The molecule has 8 rings (SSSR count). The van der Waals surface area contributed by atoms with Crippen molar-refractivity contribution >= 4 is 49.8 Å². The highest BCUT2D eigenvalue weighted by atomic mass is 15.1. The average molecular weight is 638 g/mol. The van der Waals surface area contributed by atoms with Crippen LogP contribution in [0.1, 0.15) is 52.7 Å². The van der Waals surface area contributed by atoms with Crippen LogP contribution in [0.15, 0.2) is 152 Å². The minimum absolute atomic E-state index is 0.0850. The van der Waals surface area contributed by atoms with E-state index in [2.05, 4.69) is 207 Å². The molecule has 242 valence electrons. The second kappa shape index (κ2) is 11.6. The molecule has 0 radical (unpaired) electrons. The fourth-order valence-corrected chi connectivity index (χ4v) is 7.22. The maximum Gasteiger partial charge on any atom is 0.0548 e. The van der Waals surface area contributed by atoms with Crippen molar-refractivity contribution in [1.29, 1.82) is 0 Å². The normalized spacial score (nSPS) is 12.3. The fourth-order valence-electron chi connectivity index (χ4n) is 7.22. The van der Waals surface area contributed by atoms with E-state index in [-0.39, 0.29) is 10.8 Å². The van der Waals surface area contributed by atoms with Crippen LogP contribution in [0.4, 0.5) is 17.1 Å². The van der Waals surface area contributed by atoms with Gasteiger partial charge in [-0.1, -0.05) is 108 Å². The molecular formula is C46H43N3. The van der Waals surface area contributed by atoms with Crippen molar-refractivity contribution in [3.8, 4) is 11.4 Å². The maximum atomic E-state index is 2.43. The minimum atomic E-state index is 0.0850. The third-order valence-corrected chi connectivity index (χ3v) is 9.87. The Kier molecular flexibility index (Phi) is 7.26. The number of benzene rings is 6. The lowest BCUT2D eigenvalue weighted by atomic mass is 9.86. The molecule has 0 aliphatic carbocycles. The van der Waals surface area contributed by atoms with Gasteiger partial charge in [0.15, 0.2) is 0 Å². The summed E-state index contributed by atoms with van der Waals surface area (Å²) < 4.78 is 4.71. The van der Waals surface area contributed by atoms with Crippen molar-refractivity contribution in [1.82, 2.24) is 9.13 Å². The molecule has 0 saturated heterocycles. The molecule has 49 heavy (non-hydrogen) atoms. The van der Waals surface area contributed by atoms with Crippen molar-refractivity contribution in [2.75, 3.05) is 4.90 Å². The molecule has 0 amide bonds. The molecule has 6 aromatic carbocycles. The average Bonchev–Trinajstić information content (AvgIpc) is 3.68. The Hall–Kier alpha value is -5.54. The number of nitrogens with zero attached hydrogens (tertiary/aromatic N) is 3. The van der Waals surface area contributed by atoms with E-state index in [1.807, 2.05) is 0 Å². The van der Waals surface area contributed by atoms with Gasteiger partial charge in [0, 0.05) is 50.8 Å². The van der Waals surface area contributed by atoms with E-state index in [4.69, 9.17) is 0 Å². The highest BCUT2D eigenvalue weighted by molar-refractivity contribution is 6.21. The largest absolute Gasteiger partial charge is 0.317 e. The van der Waals surface area contributed by atoms with Crippen molar-refractivity contribution in [3.05, 3.63) is 163 Å². The van der Waals surface area contributed by atoms with Gasteiger partial charge in [-0.05, 0) is 101 Å². The summed E-state index contributed by atoms with van der Waals surface area (Å²) in [6, 6.07) is 53.4. The summed E-state index contributed by atoms with van der Waals surface area (Å²) in [7, 11) is 0. The van der Waals surface area contributed by atoms with Crippen molar-refractivity contribution < 1.29 is 0 Å². The summed E-state index contributed by atoms with van der Waals surface area (Å²) >= 11 is 0. The number of fused-ring (bicyclic) bond motifs is 5. The second-order valence-electron chi connectivity index (χ2n) is 15.2. The van der Waals surface area contributed by atoms with Crippen LogP contribution >= 0.6 is 0 Å². The Morgan fingerprint density at radius 2 is 0.980 bits per heavy atom. The molecule has 0 saturated carbocycles. The Labute approximate surface area is 289 Å². The molecule has 0 unspecified atom stereocenters. The molecule has 0 aliphatic rings. The molecule has 2 aromatic heterocycles. The highest BCUT2D eigenvalue weighted by Gasteiger charge is 2.21. The summed E-state index contributed by atoms with van der Waals surface area (Å²) in [6.45, 7) is 13.6. The summed E-state index contributed by atoms with van der Waals surface area (Å²) in [5.41, 5.74) is 12.1. The molecular weight excluding hydrogens is 595 g/mol. The van der Waals surface area contributed by atoms with Crippen molar-refractivity contribution in [3.63, 3.8) is 0 Å². The van der Waals surface area contributed by atoms with Crippen molar-refractivity contribution in [2.45, 2.75) is 52.4 Å². The van der Waals surface area contributed by atoms with Crippen LogP contribution in [0, 0.1) is 0 Å². The van der Waals surface area contributed by atoms with Crippen LogP contribution in [0.3, 0.4) is 0 Å². The van der Waals surface area contributed by atoms with E-state index in [9.17, 15) is 0 Å². The minimum Gasteiger partial charge on any atom is -0.317 e. The first-order valence-electron chi connectivity index (χ1n) is 17.3. The fraction of sp³-hybridized carbons (Fsp3) is 0.174. The zero-order valence-corrected chi connectivity index (χ0v) is 29.3. The molecule has 0 bridgehead atoms. The monoisotopic (exact) mass is 637 g/mol. The third-order valence-electron chi connectivity index (χ3n) is 9.87. The predicted molar refractivity (Wildman–Crippen MR) is 210 cm³/mol. The summed E-state index contributed by atoms with van der Waals surface area (Å²) in [5.74, 6) is 0. The van der Waals surface area contributed by atoms with Gasteiger partial charge in [0.25, 0.3) is 0 Å². The van der Waals surface area contributed by atoms with E-state index in [0.29, 0.717) is 0 Å². The molecule has 8 aromatic rings. The molecule has 3 heteroatoms. The topological polar surface area (TPSA) is 13.1 Å². The van der Waals surface area contributed by atoms with E-state index >= 15 is 0 Å². The molecule has 3 nitrogen and oxygen atoms in total. The van der Waals surface area contributed by atoms with Crippen LogP contribution < -0.4 is 4.90 Å². The standard InChI is InChI=1S/C46H43N3/c1-45(2,3)32-19-23-35(24-20-32)48(36-25-21-33(22-26-36)46(4,5)6)37-15-12-16-38(31-37)49-42-18-11-10-17-39(42)44-40-29-30-47(34-13-8-7-9-14-34)41(40)27-28-43(44)49/h7-31H,1-6H3. The Balaban J connectivity index is 1.31. The number of rotatable bonds is 5. The number of hydrogen-bond donors (Lipinski definition) is 0. The van der Waals surface area contributed by atoms with Gasteiger partial charge in [-0.2, -0.15) is 0 Å². The molecule has 0 fully saturated rings. The maximum absolute atomic E-state index is 2.43. The molecule has 0 atom stereocenters. The van der Waals surface area contributed by atoms with Gasteiger partial charge in [-0.15, -0.1) is 0 Å². The van der Waals surface area contributed by atoms with Gasteiger partial charge in [0.1, 0.15) is 0 Å². The van der Waals surface area contributed by atoms with Gasteiger partial charge in [-0.3, -0.25) is 0 Å². The van der Waals surface area contributed by atoms with E-state index < -0.39 is 0 Å². The highest BCUT2D eigenvalue weighted by Crippen LogP contribution is 2.41. The van der Waals surface area contributed by atoms with Crippen LogP contribution in [-0.4, -0.2) is 9.13 Å². The van der Waals surface area contributed by atoms with E-state index in [0.717, 1.165) is 22.7 Å². The van der Waals surface area contributed by atoms with E-state index in [1.54, 1.807) is 0 Å². The smallest absolute Gasteiger partial charge is 0.0548 e. The van der Waals surface area contributed by atoms with Gasteiger partial charge in [-0.25, -0.2) is 0 Å². The number of hydrogen-bond acceptors (Lipinski definition) is 1. The summed E-state index contributed by atoms with van der Waals surface area (Å²) in [4.78, 5) is 2.38. The first-order valence-corrected chi connectivity index (χ1v) is 17.3. The molecule has 0 aliphatic heterocycles. The van der Waals surface area contributed by atoms with Gasteiger partial charge in [0.2, 0.25) is 0 Å². The van der Waals surface area contributed by atoms with Gasteiger partial charge < -0.3 is 14.0 Å². The first-order chi connectivity index (χ1) is 23.6. The predicted octanol–water partition coefficient (Wildman–Crippen LogP) is 12.8. The lowest BCUT2D eigenvalue weighted by Crippen LogP contribution is -2.14. The van der Waals surface area contributed by atoms with Crippen LogP contribution in [-0.2, 0) is 10.8 Å². The third kappa shape index (κ3) is 5.40. The quantitative estimate of drug-likeness (QED) is 0.183. The molecule has 0 N–H and O–H groups in total. The number of aromatic nitrogens is 2. The van der Waals surface area contributed by atoms with Crippen LogP contribution in [0.2, 0.25) is 0 Å². The first kappa shape index (κ1) is 30.8. The lowest BCUT2D eigenvalue weighted by molar-refractivity contribution is 0.590. The number of para-hydroxylation sites is 2. The molecule has 0 spiro atoms. The Bertz CT molecular complexity index is 2370. The Morgan fingerprint density at radius 1 is 0.429 bits per heavy atom. The van der Waals surface area contributed by atoms with E-state index in [1.165, 1.54) is 49.5 Å². The zero-order valence-electron chi connectivity index (χ0n) is 29.3. The SMILES string of the molecule is CC(C)(C)c1ccc(N(c2ccc(C(C)(C)C)cc2)c2cccc(-n3c4ccccc4c4c5ccn(-c6ccccc6)c5ccc43)c2)cc1. The van der Waals surface area contributed by atoms with Crippen LogP contribution in [0.25, 0.3) is 44.1 Å². The van der Waals surface area contributed by atoms with Crippen LogP contribution in [0.5, 0.6) is 0 Å². The van der Waals surface area contributed by atoms with Gasteiger partial charge >= 0.3 is 0 Å². The number of anilines is 3. The molecule has 2 heterocycles. The summed E-state index contributed by atoms with van der Waals surface area (Å²) in [5, 5.41) is 3.79. The Morgan fingerprint density at radius 3 is 1.61 bits per heavy atom.